The highest BCUT2D eigenvalue weighted by Gasteiger charge is 2.17. The normalized spacial score (nSPS) is 15.7. The molecule has 2 atom stereocenters. The van der Waals surface area contributed by atoms with E-state index in [2.05, 4.69) is 5.32 Å². The number of aliphatic hydroxyl groups excluding tert-OH is 1. The summed E-state index contributed by atoms with van der Waals surface area (Å²) in [6.07, 6.45) is 1.18. The average molecular weight is 238 g/mol. The van der Waals surface area contributed by atoms with E-state index in [9.17, 15) is 13.2 Å². The second kappa shape index (κ2) is 6.04. The van der Waals surface area contributed by atoms with Gasteiger partial charge in [0, 0.05) is 12.3 Å². The Labute approximate surface area is 89.8 Å². The van der Waals surface area contributed by atoms with Gasteiger partial charge >= 0.3 is 0 Å². The van der Waals surface area contributed by atoms with Crippen molar-refractivity contribution in [1.82, 2.24) is 5.32 Å². The second-order valence-electron chi connectivity index (χ2n) is 3.62. The highest BCUT2D eigenvalue weighted by Crippen LogP contribution is 1.94. The van der Waals surface area contributed by atoms with Crippen molar-refractivity contribution in [2.24, 2.45) is 5.73 Å². The van der Waals surface area contributed by atoms with Gasteiger partial charge in [-0.25, -0.2) is 8.42 Å². The number of nitrogens with one attached hydrogen (secondary N) is 1. The van der Waals surface area contributed by atoms with E-state index in [0.29, 0.717) is 0 Å². The van der Waals surface area contributed by atoms with E-state index in [4.69, 9.17) is 10.8 Å². The van der Waals surface area contributed by atoms with Crippen LogP contribution in [-0.4, -0.2) is 50.1 Å². The van der Waals surface area contributed by atoms with Crippen LogP contribution in [0.25, 0.3) is 0 Å². The number of rotatable bonds is 6. The third kappa shape index (κ3) is 7.29. The first-order valence-electron chi connectivity index (χ1n) is 4.61. The van der Waals surface area contributed by atoms with E-state index < -0.39 is 21.8 Å². The van der Waals surface area contributed by atoms with E-state index in [-0.39, 0.29) is 24.8 Å². The van der Waals surface area contributed by atoms with E-state index in [1.54, 1.807) is 6.92 Å². The molecule has 4 N–H and O–H groups in total. The Bertz CT molecular complexity index is 302. The molecule has 0 saturated carbocycles. The maximum Gasteiger partial charge on any atom is 0.237 e. The first-order valence-corrected chi connectivity index (χ1v) is 6.67. The van der Waals surface area contributed by atoms with Crippen molar-refractivity contribution in [3.05, 3.63) is 0 Å². The molecule has 0 spiro atoms. The number of carbonyl (C=O) groups excluding carboxylic acids is 1. The molecule has 90 valence electrons. The molecule has 0 aromatic heterocycles. The molecule has 0 fully saturated rings. The molecule has 15 heavy (non-hydrogen) atoms. The van der Waals surface area contributed by atoms with Crippen LogP contribution in [0, 0.1) is 0 Å². The largest absolute Gasteiger partial charge is 0.394 e. The molecule has 1 amide bonds. The summed E-state index contributed by atoms with van der Waals surface area (Å²) in [6, 6.07) is -1.23. The van der Waals surface area contributed by atoms with Crippen LogP contribution >= 0.6 is 0 Å². The maximum atomic E-state index is 11.3. The van der Waals surface area contributed by atoms with Gasteiger partial charge in [0.15, 0.2) is 0 Å². The van der Waals surface area contributed by atoms with Crippen molar-refractivity contribution in [3.63, 3.8) is 0 Å². The first-order chi connectivity index (χ1) is 6.76. The summed E-state index contributed by atoms with van der Waals surface area (Å²) in [5, 5.41) is 11.1. The van der Waals surface area contributed by atoms with Gasteiger partial charge in [-0.15, -0.1) is 0 Å². The number of amides is 1. The van der Waals surface area contributed by atoms with Crippen LogP contribution in [0.4, 0.5) is 0 Å². The lowest BCUT2D eigenvalue weighted by molar-refractivity contribution is -0.123. The molecule has 2 unspecified atom stereocenters. The smallest absolute Gasteiger partial charge is 0.237 e. The molecule has 0 bridgehead atoms. The van der Waals surface area contributed by atoms with E-state index in [1.165, 1.54) is 0 Å². The molecule has 0 aliphatic heterocycles. The molecule has 0 saturated heterocycles. The summed E-state index contributed by atoms with van der Waals surface area (Å²) in [4.78, 5) is 11.3. The van der Waals surface area contributed by atoms with Gasteiger partial charge in [-0.3, -0.25) is 4.79 Å². The molecular formula is C8H18N2O4S. The Hall–Kier alpha value is -0.660. The fourth-order valence-corrected chi connectivity index (χ4v) is 1.55. The van der Waals surface area contributed by atoms with Crippen molar-refractivity contribution >= 4 is 15.7 Å². The molecule has 6 nitrogen and oxygen atoms in total. The van der Waals surface area contributed by atoms with Crippen LogP contribution in [0.1, 0.15) is 13.3 Å². The number of hydrogen-bond donors (Lipinski definition) is 3. The summed E-state index contributed by atoms with van der Waals surface area (Å²) in [6.45, 7) is 1.45. The summed E-state index contributed by atoms with van der Waals surface area (Å²) in [7, 11) is -3.10. The third-order valence-corrected chi connectivity index (χ3v) is 2.78. The third-order valence-electron chi connectivity index (χ3n) is 1.80. The molecule has 7 heteroatoms. The number of hydrogen-bond acceptors (Lipinski definition) is 5. The van der Waals surface area contributed by atoms with E-state index in [0.717, 1.165) is 6.26 Å². The van der Waals surface area contributed by atoms with Crippen molar-refractivity contribution in [2.75, 3.05) is 18.6 Å². The van der Waals surface area contributed by atoms with Gasteiger partial charge < -0.3 is 16.2 Å². The summed E-state index contributed by atoms with van der Waals surface area (Å²) in [5.41, 5.74) is 5.47. The van der Waals surface area contributed by atoms with Crippen molar-refractivity contribution in [2.45, 2.75) is 25.4 Å². The topological polar surface area (TPSA) is 109 Å². The Morgan fingerprint density at radius 2 is 2.07 bits per heavy atom. The highest BCUT2D eigenvalue weighted by molar-refractivity contribution is 7.90. The lowest BCUT2D eigenvalue weighted by atomic mass is 10.2. The Morgan fingerprint density at radius 3 is 2.47 bits per heavy atom. The van der Waals surface area contributed by atoms with Crippen molar-refractivity contribution < 1.29 is 18.3 Å². The van der Waals surface area contributed by atoms with Gasteiger partial charge in [-0.1, -0.05) is 0 Å². The molecule has 0 radical (unpaired) electrons. The van der Waals surface area contributed by atoms with Gasteiger partial charge in [0.2, 0.25) is 5.91 Å². The van der Waals surface area contributed by atoms with Crippen LogP contribution in [-0.2, 0) is 14.6 Å². The molecule has 0 aliphatic rings. The lowest BCUT2D eigenvalue weighted by Crippen LogP contribution is -2.46. The maximum absolute atomic E-state index is 11.3. The zero-order valence-corrected chi connectivity index (χ0v) is 9.75. The minimum Gasteiger partial charge on any atom is -0.394 e. The van der Waals surface area contributed by atoms with Crippen LogP contribution < -0.4 is 11.1 Å². The Morgan fingerprint density at radius 1 is 1.53 bits per heavy atom. The fraction of sp³-hybridized carbons (Fsp3) is 0.875. The predicted octanol–water partition coefficient (Wildman–Crippen LogP) is -1.75. The van der Waals surface area contributed by atoms with Crippen LogP contribution in [0.5, 0.6) is 0 Å². The number of nitrogens with two attached hydrogens (primary N) is 1. The number of aliphatic hydroxyl groups is 1. The SMILES string of the molecule is CC(CO)NC(=O)C(N)CCS(C)(=O)=O. The zero-order chi connectivity index (χ0) is 12.1. The minimum absolute atomic E-state index is 0.0861. The van der Waals surface area contributed by atoms with Gasteiger partial charge in [-0.2, -0.15) is 0 Å². The molecule has 0 aromatic rings. The lowest BCUT2D eigenvalue weighted by Gasteiger charge is -2.15. The number of sulfone groups is 1. The summed E-state index contributed by atoms with van der Waals surface area (Å²) >= 11 is 0. The molecule has 0 aromatic carbocycles. The monoisotopic (exact) mass is 238 g/mol. The van der Waals surface area contributed by atoms with Crippen LogP contribution in [0.2, 0.25) is 0 Å². The van der Waals surface area contributed by atoms with Gasteiger partial charge in [0.1, 0.15) is 9.84 Å². The van der Waals surface area contributed by atoms with Gasteiger partial charge in [0.05, 0.1) is 18.4 Å². The van der Waals surface area contributed by atoms with Crippen molar-refractivity contribution in [3.8, 4) is 0 Å². The Kier molecular flexibility index (Phi) is 5.77. The quantitative estimate of drug-likeness (QED) is 0.508. The Balaban J connectivity index is 4.00. The zero-order valence-electron chi connectivity index (χ0n) is 8.93. The minimum atomic E-state index is -3.10. The van der Waals surface area contributed by atoms with Crippen LogP contribution in [0.15, 0.2) is 0 Å². The molecule has 0 rings (SSSR count). The average Bonchev–Trinajstić information content (AvgIpc) is 2.12. The molecule has 0 aliphatic carbocycles. The first kappa shape index (κ1) is 14.3. The van der Waals surface area contributed by atoms with E-state index in [1.807, 2.05) is 0 Å². The molecule has 0 heterocycles. The summed E-state index contributed by atoms with van der Waals surface area (Å²) < 4.78 is 21.6. The highest BCUT2D eigenvalue weighted by atomic mass is 32.2. The van der Waals surface area contributed by atoms with E-state index >= 15 is 0 Å². The summed E-state index contributed by atoms with van der Waals surface area (Å²) in [5.74, 6) is -0.560. The van der Waals surface area contributed by atoms with Crippen LogP contribution in [0.3, 0.4) is 0 Å². The van der Waals surface area contributed by atoms with Gasteiger partial charge in [0.25, 0.3) is 0 Å². The fourth-order valence-electron chi connectivity index (χ4n) is 0.868. The second-order valence-corrected chi connectivity index (χ2v) is 5.88. The predicted molar refractivity (Wildman–Crippen MR) is 57.0 cm³/mol. The standard InChI is InChI=1S/C8H18N2O4S/c1-6(5-11)10-8(12)7(9)3-4-15(2,13)14/h6-7,11H,3-5,9H2,1-2H3,(H,10,12). The van der Waals surface area contributed by atoms with Gasteiger partial charge in [-0.05, 0) is 13.3 Å². The number of carbonyl (C=O) groups is 1. The molecular weight excluding hydrogens is 220 g/mol. The van der Waals surface area contributed by atoms with Crippen molar-refractivity contribution in [1.29, 1.82) is 0 Å².